The maximum Gasteiger partial charge on any atom is 0.0991 e. The van der Waals surface area contributed by atoms with Crippen molar-refractivity contribution in [3.8, 4) is 0 Å². The highest BCUT2D eigenvalue weighted by Gasteiger charge is 2.43. The molecule has 5 heteroatoms. The molecule has 2 fully saturated rings. The fourth-order valence-electron chi connectivity index (χ4n) is 2.55. The molecular weight excluding hydrogens is 234 g/mol. The summed E-state index contributed by atoms with van der Waals surface area (Å²) in [6.45, 7) is 2.91. The van der Waals surface area contributed by atoms with E-state index in [1.165, 1.54) is 0 Å². The summed E-state index contributed by atoms with van der Waals surface area (Å²) in [5.74, 6) is 0. The van der Waals surface area contributed by atoms with Gasteiger partial charge in [0.1, 0.15) is 0 Å². The number of nitrogens with one attached hydrogen (secondary N) is 1. The first-order valence-corrected chi connectivity index (χ1v) is 6.86. The summed E-state index contributed by atoms with van der Waals surface area (Å²) in [4.78, 5) is 0. The van der Waals surface area contributed by atoms with Gasteiger partial charge in [-0.15, -0.1) is 0 Å². The molecule has 3 unspecified atom stereocenters. The van der Waals surface area contributed by atoms with E-state index in [1.807, 2.05) is 7.05 Å². The third-order valence-corrected chi connectivity index (χ3v) is 3.75. The van der Waals surface area contributed by atoms with Crippen LogP contribution >= 0.6 is 0 Å². The zero-order chi connectivity index (χ0) is 12.8. The lowest BCUT2D eigenvalue weighted by Gasteiger charge is -2.45. The zero-order valence-corrected chi connectivity index (χ0v) is 11.4. The second-order valence-electron chi connectivity index (χ2n) is 4.95. The Balaban J connectivity index is 1.72. The van der Waals surface area contributed by atoms with E-state index in [0.29, 0.717) is 25.4 Å². The van der Waals surface area contributed by atoms with Gasteiger partial charge in [0.05, 0.1) is 31.5 Å². The van der Waals surface area contributed by atoms with Gasteiger partial charge in [-0.05, 0) is 26.3 Å². The monoisotopic (exact) mass is 259 g/mol. The van der Waals surface area contributed by atoms with Crippen molar-refractivity contribution < 1.29 is 18.9 Å². The van der Waals surface area contributed by atoms with E-state index in [4.69, 9.17) is 18.9 Å². The summed E-state index contributed by atoms with van der Waals surface area (Å²) in [6.07, 6.45) is 3.77. The molecule has 2 rings (SSSR count). The van der Waals surface area contributed by atoms with E-state index in [-0.39, 0.29) is 12.2 Å². The van der Waals surface area contributed by atoms with Crippen LogP contribution < -0.4 is 5.32 Å². The van der Waals surface area contributed by atoms with Crippen LogP contribution in [0.5, 0.6) is 0 Å². The number of hydrogen-bond donors (Lipinski definition) is 1. The lowest BCUT2D eigenvalue weighted by molar-refractivity contribution is -0.182. The van der Waals surface area contributed by atoms with Crippen LogP contribution in [0.3, 0.4) is 0 Å². The summed E-state index contributed by atoms with van der Waals surface area (Å²) in [6, 6.07) is 0.409. The number of hydrogen-bond acceptors (Lipinski definition) is 5. The smallest absolute Gasteiger partial charge is 0.0991 e. The van der Waals surface area contributed by atoms with Crippen LogP contribution in [0.25, 0.3) is 0 Å². The van der Waals surface area contributed by atoms with Gasteiger partial charge in [-0.2, -0.15) is 0 Å². The Labute approximate surface area is 109 Å². The third kappa shape index (κ3) is 3.65. The van der Waals surface area contributed by atoms with Gasteiger partial charge in [-0.25, -0.2) is 0 Å². The average Bonchev–Trinajstić information content (AvgIpc) is 2.40. The minimum Gasteiger partial charge on any atom is -0.382 e. The van der Waals surface area contributed by atoms with Crippen molar-refractivity contribution >= 4 is 0 Å². The standard InChI is InChI=1S/C13H25NO4/c1-14-11-9-12(13(11)17-8-7-15-2)18-10-3-5-16-6-4-10/h10-14H,3-9H2,1-2H3. The molecule has 2 aliphatic rings. The molecule has 1 aliphatic heterocycles. The van der Waals surface area contributed by atoms with Crippen molar-refractivity contribution in [2.75, 3.05) is 40.6 Å². The van der Waals surface area contributed by atoms with Gasteiger partial charge in [-0.3, -0.25) is 0 Å². The molecule has 3 atom stereocenters. The van der Waals surface area contributed by atoms with Crippen molar-refractivity contribution in [3.05, 3.63) is 0 Å². The molecule has 0 radical (unpaired) electrons. The fourth-order valence-corrected chi connectivity index (χ4v) is 2.55. The zero-order valence-electron chi connectivity index (χ0n) is 11.4. The largest absolute Gasteiger partial charge is 0.382 e. The van der Waals surface area contributed by atoms with Gasteiger partial charge < -0.3 is 24.3 Å². The lowest BCUT2D eigenvalue weighted by Crippen LogP contribution is -2.60. The minimum absolute atomic E-state index is 0.160. The highest BCUT2D eigenvalue weighted by molar-refractivity contribution is 4.97. The SMILES string of the molecule is CNC1CC(OC2CCOCC2)C1OCCOC. The summed E-state index contributed by atoms with van der Waals surface area (Å²) in [5.41, 5.74) is 0. The van der Waals surface area contributed by atoms with E-state index in [0.717, 1.165) is 32.5 Å². The van der Waals surface area contributed by atoms with Crippen LogP contribution in [0.15, 0.2) is 0 Å². The highest BCUT2D eigenvalue weighted by atomic mass is 16.6. The Morgan fingerprint density at radius 2 is 2.00 bits per heavy atom. The summed E-state index contributed by atoms with van der Waals surface area (Å²) >= 11 is 0. The quantitative estimate of drug-likeness (QED) is 0.678. The second kappa shape index (κ2) is 7.40. The first kappa shape index (κ1) is 14.2. The molecule has 0 spiro atoms. The lowest BCUT2D eigenvalue weighted by atomic mass is 9.85. The Morgan fingerprint density at radius 1 is 1.22 bits per heavy atom. The number of methoxy groups -OCH3 is 1. The van der Waals surface area contributed by atoms with Crippen LogP contribution in [0.1, 0.15) is 19.3 Å². The minimum atomic E-state index is 0.160. The van der Waals surface area contributed by atoms with Gasteiger partial charge in [-0.1, -0.05) is 0 Å². The van der Waals surface area contributed by atoms with Crippen molar-refractivity contribution in [2.45, 2.75) is 43.6 Å². The van der Waals surface area contributed by atoms with Crippen molar-refractivity contribution in [1.82, 2.24) is 5.32 Å². The molecule has 0 aromatic carbocycles. The van der Waals surface area contributed by atoms with Crippen molar-refractivity contribution in [3.63, 3.8) is 0 Å². The maximum atomic E-state index is 6.12. The molecule has 1 N–H and O–H groups in total. The third-order valence-electron chi connectivity index (χ3n) is 3.75. The van der Waals surface area contributed by atoms with Gasteiger partial charge >= 0.3 is 0 Å². The normalized spacial score (nSPS) is 33.3. The molecule has 1 heterocycles. The predicted octanol–water partition coefficient (Wildman–Crippen LogP) is 0.574. The van der Waals surface area contributed by atoms with E-state index >= 15 is 0 Å². The van der Waals surface area contributed by atoms with Gasteiger partial charge in [0.25, 0.3) is 0 Å². The molecule has 0 amide bonds. The summed E-state index contributed by atoms with van der Waals surface area (Å²) in [5, 5.41) is 3.28. The Hall–Kier alpha value is -0.200. The molecular formula is C13H25NO4. The number of likely N-dealkylation sites (N-methyl/N-ethyl adjacent to an activating group) is 1. The summed E-state index contributed by atoms with van der Waals surface area (Å²) < 4.78 is 22.3. The molecule has 1 saturated heterocycles. The van der Waals surface area contributed by atoms with Crippen molar-refractivity contribution in [2.24, 2.45) is 0 Å². The van der Waals surface area contributed by atoms with Crippen LogP contribution in [0.2, 0.25) is 0 Å². The van der Waals surface area contributed by atoms with Gasteiger partial charge in [0.15, 0.2) is 0 Å². The molecule has 0 aromatic rings. The fraction of sp³-hybridized carbons (Fsp3) is 1.00. The van der Waals surface area contributed by atoms with Crippen LogP contribution in [0, 0.1) is 0 Å². The Bertz CT molecular complexity index is 233. The summed E-state index contributed by atoms with van der Waals surface area (Å²) in [7, 11) is 3.66. The van der Waals surface area contributed by atoms with E-state index < -0.39 is 0 Å². The van der Waals surface area contributed by atoms with Gasteiger partial charge in [0, 0.05) is 26.4 Å². The molecule has 5 nitrogen and oxygen atoms in total. The number of rotatable bonds is 7. The molecule has 1 saturated carbocycles. The maximum absolute atomic E-state index is 6.12. The van der Waals surface area contributed by atoms with Crippen LogP contribution in [-0.2, 0) is 18.9 Å². The van der Waals surface area contributed by atoms with Crippen LogP contribution in [-0.4, -0.2) is 64.9 Å². The first-order valence-electron chi connectivity index (χ1n) is 6.86. The molecule has 0 bridgehead atoms. The van der Waals surface area contributed by atoms with Crippen LogP contribution in [0.4, 0.5) is 0 Å². The molecule has 0 aromatic heterocycles. The molecule has 106 valence electrons. The topological polar surface area (TPSA) is 49.0 Å². The first-order chi connectivity index (χ1) is 8.85. The van der Waals surface area contributed by atoms with Crippen molar-refractivity contribution in [1.29, 1.82) is 0 Å². The van der Waals surface area contributed by atoms with Gasteiger partial charge in [0.2, 0.25) is 0 Å². The Kier molecular flexibility index (Phi) is 5.85. The van der Waals surface area contributed by atoms with E-state index in [1.54, 1.807) is 7.11 Å². The van der Waals surface area contributed by atoms with E-state index in [2.05, 4.69) is 5.32 Å². The number of ether oxygens (including phenoxy) is 4. The predicted molar refractivity (Wildman–Crippen MR) is 67.8 cm³/mol. The Morgan fingerprint density at radius 3 is 2.67 bits per heavy atom. The highest BCUT2D eigenvalue weighted by Crippen LogP contribution is 2.30. The molecule has 18 heavy (non-hydrogen) atoms. The van der Waals surface area contributed by atoms with E-state index in [9.17, 15) is 0 Å². The second-order valence-corrected chi connectivity index (χ2v) is 4.95. The molecule has 1 aliphatic carbocycles. The average molecular weight is 259 g/mol.